The Hall–Kier alpha value is -1.41. The molecule has 1 aromatic heterocycles. The average molecular weight is 302 g/mol. The topological polar surface area (TPSA) is 12.9 Å². The van der Waals surface area contributed by atoms with Gasteiger partial charge in [0.1, 0.15) is 0 Å². The van der Waals surface area contributed by atoms with Gasteiger partial charge in [-0.2, -0.15) is 0 Å². The van der Waals surface area contributed by atoms with Crippen molar-refractivity contribution in [3.8, 4) is 11.3 Å². The first-order valence-corrected chi connectivity index (χ1v) is 6.83. The van der Waals surface area contributed by atoms with E-state index in [0.29, 0.717) is 0 Å². The Bertz CT molecular complexity index is 573. The minimum absolute atomic E-state index is 0.952. The van der Waals surface area contributed by atoms with Gasteiger partial charge in [-0.3, -0.25) is 4.98 Å². The lowest BCUT2D eigenvalue weighted by molar-refractivity contribution is 1.10. The minimum Gasteiger partial charge on any atom is -0.253 e. The van der Waals surface area contributed by atoms with E-state index >= 15 is 0 Å². The molecule has 1 heterocycles. The van der Waals surface area contributed by atoms with E-state index in [2.05, 4.69) is 64.3 Å². The van der Waals surface area contributed by atoms with Crippen molar-refractivity contribution in [1.29, 1.82) is 0 Å². The molecule has 0 spiro atoms. The van der Waals surface area contributed by atoms with Crippen LogP contribution in [0.25, 0.3) is 11.3 Å². The zero-order chi connectivity index (χ0) is 13.0. The van der Waals surface area contributed by atoms with E-state index in [-0.39, 0.29) is 0 Å². The van der Waals surface area contributed by atoms with Crippen LogP contribution in [-0.2, 0) is 6.42 Å². The standard InChI is InChI=1S/C16H16BrN/c1-3-4-6-13-9-10-16(18-12(13)2)14-7-5-8-15(17)11-14/h3-5,7-11H,6H2,1-2H3/b4-3-. The normalized spacial score (nSPS) is 11.1. The number of aryl methyl sites for hydroxylation is 1. The molecule has 2 rings (SSSR count). The monoisotopic (exact) mass is 301 g/mol. The van der Waals surface area contributed by atoms with Crippen molar-refractivity contribution in [3.63, 3.8) is 0 Å². The van der Waals surface area contributed by atoms with Gasteiger partial charge in [-0.05, 0) is 44.0 Å². The lowest BCUT2D eigenvalue weighted by atomic mass is 10.1. The first-order valence-electron chi connectivity index (χ1n) is 6.04. The predicted molar refractivity (Wildman–Crippen MR) is 80.6 cm³/mol. The molecule has 0 radical (unpaired) electrons. The van der Waals surface area contributed by atoms with E-state index < -0.39 is 0 Å². The van der Waals surface area contributed by atoms with E-state index in [4.69, 9.17) is 0 Å². The number of hydrogen-bond donors (Lipinski definition) is 0. The van der Waals surface area contributed by atoms with Crippen LogP contribution in [0.2, 0.25) is 0 Å². The van der Waals surface area contributed by atoms with Gasteiger partial charge in [0.25, 0.3) is 0 Å². The summed E-state index contributed by atoms with van der Waals surface area (Å²) in [6, 6.07) is 12.5. The Labute approximate surface area is 117 Å². The van der Waals surface area contributed by atoms with Gasteiger partial charge in [-0.25, -0.2) is 0 Å². The summed E-state index contributed by atoms with van der Waals surface area (Å²) in [5, 5.41) is 0. The highest BCUT2D eigenvalue weighted by molar-refractivity contribution is 9.10. The fraction of sp³-hybridized carbons (Fsp3) is 0.188. The van der Waals surface area contributed by atoms with Crippen LogP contribution >= 0.6 is 15.9 Å². The fourth-order valence-electron chi connectivity index (χ4n) is 1.86. The number of nitrogens with zero attached hydrogens (tertiary/aromatic N) is 1. The summed E-state index contributed by atoms with van der Waals surface area (Å²) in [5.41, 5.74) is 4.56. The highest BCUT2D eigenvalue weighted by Crippen LogP contribution is 2.22. The molecule has 1 aromatic carbocycles. The van der Waals surface area contributed by atoms with E-state index in [1.165, 1.54) is 5.56 Å². The minimum atomic E-state index is 0.952. The third kappa shape index (κ3) is 3.08. The number of allylic oxidation sites excluding steroid dienone is 2. The molecule has 0 N–H and O–H groups in total. The van der Waals surface area contributed by atoms with Crippen LogP contribution in [-0.4, -0.2) is 4.98 Å². The number of hydrogen-bond acceptors (Lipinski definition) is 1. The highest BCUT2D eigenvalue weighted by Gasteiger charge is 2.03. The van der Waals surface area contributed by atoms with Crippen molar-refractivity contribution < 1.29 is 0 Å². The number of rotatable bonds is 3. The maximum atomic E-state index is 4.68. The Kier molecular flexibility index (Phi) is 4.32. The third-order valence-electron chi connectivity index (χ3n) is 2.89. The molecule has 0 fully saturated rings. The molecule has 0 atom stereocenters. The summed E-state index contributed by atoms with van der Waals surface area (Å²) in [6.07, 6.45) is 5.18. The molecule has 2 aromatic rings. The van der Waals surface area contributed by atoms with Crippen LogP contribution < -0.4 is 0 Å². The van der Waals surface area contributed by atoms with Gasteiger partial charge in [0.2, 0.25) is 0 Å². The van der Waals surface area contributed by atoms with Crippen molar-refractivity contribution in [2.45, 2.75) is 20.3 Å². The second-order valence-electron chi connectivity index (χ2n) is 4.22. The largest absolute Gasteiger partial charge is 0.253 e. The Morgan fingerprint density at radius 3 is 2.72 bits per heavy atom. The molecule has 0 aliphatic heterocycles. The second kappa shape index (κ2) is 5.96. The summed E-state index contributed by atoms with van der Waals surface area (Å²) in [7, 11) is 0. The third-order valence-corrected chi connectivity index (χ3v) is 3.38. The Morgan fingerprint density at radius 2 is 2.06 bits per heavy atom. The molecule has 0 saturated heterocycles. The van der Waals surface area contributed by atoms with Crippen LogP contribution in [0.5, 0.6) is 0 Å². The quantitative estimate of drug-likeness (QED) is 0.732. The maximum Gasteiger partial charge on any atom is 0.0705 e. The zero-order valence-electron chi connectivity index (χ0n) is 10.7. The van der Waals surface area contributed by atoms with Crippen molar-refractivity contribution in [2.75, 3.05) is 0 Å². The number of aromatic nitrogens is 1. The Morgan fingerprint density at radius 1 is 1.22 bits per heavy atom. The van der Waals surface area contributed by atoms with Gasteiger partial charge < -0.3 is 0 Å². The SMILES string of the molecule is C/C=C\Cc1ccc(-c2cccc(Br)c2)nc1C. The molecule has 0 aliphatic carbocycles. The van der Waals surface area contributed by atoms with Gasteiger partial charge in [-0.1, -0.05) is 46.3 Å². The molecule has 0 aliphatic rings. The summed E-state index contributed by atoms with van der Waals surface area (Å²) in [5.74, 6) is 0. The lowest BCUT2D eigenvalue weighted by Crippen LogP contribution is -1.93. The lowest BCUT2D eigenvalue weighted by Gasteiger charge is -2.06. The molecule has 1 nitrogen and oxygen atoms in total. The van der Waals surface area contributed by atoms with Gasteiger partial charge in [0.05, 0.1) is 5.69 Å². The van der Waals surface area contributed by atoms with E-state index in [9.17, 15) is 0 Å². The van der Waals surface area contributed by atoms with Crippen LogP contribution in [0.15, 0.2) is 53.0 Å². The van der Waals surface area contributed by atoms with E-state index in [1.807, 2.05) is 19.1 Å². The Balaban J connectivity index is 2.34. The van der Waals surface area contributed by atoms with E-state index in [1.54, 1.807) is 0 Å². The molecular weight excluding hydrogens is 286 g/mol. The summed E-state index contributed by atoms with van der Waals surface area (Å²) < 4.78 is 1.08. The number of halogens is 1. The molecule has 0 bridgehead atoms. The molecule has 92 valence electrons. The first kappa shape index (κ1) is 13.0. The van der Waals surface area contributed by atoms with Gasteiger partial charge in [0.15, 0.2) is 0 Å². The molecule has 18 heavy (non-hydrogen) atoms. The first-order chi connectivity index (χ1) is 8.70. The highest BCUT2D eigenvalue weighted by atomic mass is 79.9. The molecule has 0 amide bonds. The van der Waals surface area contributed by atoms with Gasteiger partial charge in [0, 0.05) is 15.7 Å². The van der Waals surface area contributed by atoms with Crippen LogP contribution in [0.4, 0.5) is 0 Å². The van der Waals surface area contributed by atoms with Crippen LogP contribution in [0, 0.1) is 6.92 Å². The fourth-order valence-corrected chi connectivity index (χ4v) is 2.26. The smallest absolute Gasteiger partial charge is 0.0705 e. The molecule has 0 unspecified atom stereocenters. The molecule has 0 saturated carbocycles. The van der Waals surface area contributed by atoms with E-state index in [0.717, 1.165) is 27.8 Å². The average Bonchev–Trinajstić information content (AvgIpc) is 2.37. The summed E-state index contributed by atoms with van der Waals surface area (Å²) in [4.78, 5) is 4.68. The van der Waals surface area contributed by atoms with Crippen molar-refractivity contribution in [2.24, 2.45) is 0 Å². The van der Waals surface area contributed by atoms with Crippen molar-refractivity contribution in [1.82, 2.24) is 4.98 Å². The maximum absolute atomic E-state index is 4.68. The summed E-state index contributed by atoms with van der Waals surface area (Å²) >= 11 is 3.49. The summed E-state index contributed by atoms with van der Waals surface area (Å²) in [6.45, 7) is 4.11. The number of pyridine rings is 1. The van der Waals surface area contributed by atoms with Crippen molar-refractivity contribution in [3.05, 3.63) is 64.3 Å². The van der Waals surface area contributed by atoms with Crippen LogP contribution in [0.3, 0.4) is 0 Å². The number of benzene rings is 1. The zero-order valence-corrected chi connectivity index (χ0v) is 12.2. The van der Waals surface area contributed by atoms with Crippen molar-refractivity contribution >= 4 is 15.9 Å². The molecular formula is C16H16BrN. The van der Waals surface area contributed by atoms with Crippen LogP contribution in [0.1, 0.15) is 18.2 Å². The van der Waals surface area contributed by atoms with Gasteiger partial charge in [-0.15, -0.1) is 0 Å². The predicted octanol–water partition coefficient (Wildman–Crippen LogP) is 4.94. The van der Waals surface area contributed by atoms with Gasteiger partial charge >= 0.3 is 0 Å². The molecule has 2 heteroatoms. The second-order valence-corrected chi connectivity index (χ2v) is 5.14.